The zero-order chi connectivity index (χ0) is 20.2. The molecule has 0 aliphatic carbocycles. The molecular weight excluding hydrogens is 356 g/mol. The van der Waals surface area contributed by atoms with Crippen molar-refractivity contribution in [2.24, 2.45) is 0 Å². The van der Waals surface area contributed by atoms with Crippen LogP contribution in [0.3, 0.4) is 0 Å². The number of aryl methyl sites for hydroxylation is 2. The molecule has 4 N–H and O–H groups in total. The first-order valence-corrected chi connectivity index (χ1v) is 9.69. The lowest BCUT2D eigenvalue weighted by molar-refractivity contribution is 0.103. The van der Waals surface area contributed by atoms with Crippen molar-refractivity contribution in [2.75, 3.05) is 39.4 Å². The molecule has 0 heterocycles. The van der Waals surface area contributed by atoms with Gasteiger partial charge in [0.05, 0.1) is 0 Å². The van der Waals surface area contributed by atoms with Crippen molar-refractivity contribution < 1.29 is 19.7 Å². The molecule has 2 rings (SSSR count). The quantitative estimate of drug-likeness (QED) is 0.391. The number of aliphatic hydroxyl groups is 2. The zero-order valence-electron chi connectivity index (χ0n) is 16.7. The Bertz CT molecular complexity index is 636. The van der Waals surface area contributed by atoms with Gasteiger partial charge >= 0.3 is 0 Å². The fourth-order valence-electron chi connectivity index (χ4n) is 2.63. The van der Waals surface area contributed by atoms with Gasteiger partial charge in [0, 0.05) is 26.2 Å². The maximum atomic E-state index is 9.96. The molecule has 0 aromatic heterocycles. The van der Waals surface area contributed by atoms with Crippen LogP contribution in [0, 0.1) is 13.8 Å². The van der Waals surface area contributed by atoms with Crippen molar-refractivity contribution >= 4 is 0 Å². The Morgan fingerprint density at radius 1 is 0.750 bits per heavy atom. The summed E-state index contributed by atoms with van der Waals surface area (Å²) in [6.45, 7) is 6.78. The Kier molecular flexibility index (Phi) is 9.79. The molecule has 0 bridgehead atoms. The topological polar surface area (TPSA) is 83.0 Å². The van der Waals surface area contributed by atoms with Crippen molar-refractivity contribution in [1.82, 2.24) is 10.6 Å². The van der Waals surface area contributed by atoms with Gasteiger partial charge in [0.25, 0.3) is 0 Å². The van der Waals surface area contributed by atoms with E-state index in [1.54, 1.807) is 0 Å². The summed E-state index contributed by atoms with van der Waals surface area (Å²) >= 11 is 0. The third-order valence-electron chi connectivity index (χ3n) is 4.10. The highest BCUT2D eigenvalue weighted by atomic mass is 16.5. The number of aliphatic hydroxyl groups excluding tert-OH is 2. The normalized spacial score (nSPS) is 13.1. The van der Waals surface area contributed by atoms with Crippen LogP contribution in [0.5, 0.6) is 11.5 Å². The summed E-state index contributed by atoms with van der Waals surface area (Å²) in [5, 5.41) is 26.2. The van der Waals surface area contributed by atoms with E-state index < -0.39 is 12.2 Å². The van der Waals surface area contributed by atoms with Gasteiger partial charge < -0.3 is 30.3 Å². The van der Waals surface area contributed by atoms with Crippen molar-refractivity contribution in [2.45, 2.75) is 26.1 Å². The number of benzene rings is 2. The molecule has 6 heteroatoms. The molecule has 154 valence electrons. The third kappa shape index (κ3) is 9.19. The second kappa shape index (κ2) is 12.4. The summed E-state index contributed by atoms with van der Waals surface area (Å²) in [5.41, 5.74) is 2.25. The molecule has 2 aromatic rings. The molecule has 0 fully saturated rings. The van der Waals surface area contributed by atoms with Gasteiger partial charge in [-0.2, -0.15) is 0 Å². The fourth-order valence-corrected chi connectivity index (χ4v) is 2.63. The molecule has 28 heavy (non-hydrogen) atoms. The first-order chi connectivity index (χ1) is 13.5. The van der Waals surface area contributed by atoms with Crippen molar-refractivity contribution in [3.05, 3.63) is 59.7 Å². The van der Waals surface area contributed by atoms with E-state index in [9.17, 15) is 10.2 Å². The lowest BCUT2D eigenvalue weighted by Crippen LogP contribution is -2.38. The smallest absolute Gasteiger partial charge is 0.119 e. The second-order valence-corrected chi connectivity index (χ2v) is 6.97. The fraction of sp³-hybridized carbons (Fsp3) is 0.455. The molecule has 0 aliphatic heterocycles. The molecule has 0 saturated carbocycles. The summed E-state index contributed by atoms with van der Waals surface area (Å²) in [6, 6.07) is 15.5. The van der Waals surface area contributed by atoms with Crippen LogP contribution in [0.2, 0.25) is 0 Å². The predicted octanol–water partition coefficient (Wildman–Crippen LogP) is 1.66. The van der Waals surface area contributed by atoms with Crippen LogP contribution < -0.4 is 20.1 Å². The second-order valence-electron chi connectivity index (χ2n) is 6.97. The van der Waals surface area contributed by atoms with E-state index in [1.807, 2.05) is 62.4 Å². The van der Waals surface area contributed by atoms with Crippen molar-refractivity contribution in [3.8, 4) is 11.5 Å². The van der Waals surface area contributed by atoms with Gasteiger partial charge in [-0.1, -0.05) is 24.3 Å². The van der Waals surface area contributed by atoms with Gasteiger partial charge in [-0.25, -0.2) is 0 Å². The summed E-state index contributed by atoms with van der Waals surface area (Å²) in [7, 11) is 0. The van der Waals surface area contributed by atoms with Crippen LogP contribution in [0.4, 0.5) is 0 Å². The first kappa shape index (κ1) is 22.2. The lowest BCUT2D eigenvalue weighted by atomic mass is 10.2. The minimum absolute atomic E-state index is 0.249. The Balaban J connectivity index is 1.47. The molecule has 6 nitrogen and oxygen atoms in total. The van der Waals surface area contributed by atoms with Gasteiger partial charge in [0.15, 0.2) is 0 Å². The summed E-state index contributed by atoms with van der Waals surface area (Å²) in [5.74, 6) is 1.53. The Hall–Kier alpha value is -2.12. The maximum absolute atomic E-state index is 9.96. The van der Waals surface area contributed by atoms with E-state index in [4.69, 9.17) is 9.47 Å². The highest BCUT2D eigenvalue weighted by Crippen LogP contribution is 2.13. The average Bonchev–Trinajstić information content (AvgIpc) is 2.67. The van der Waals surface area contributed by atoms with Crippen molar-refractivity contribution in [3.63, 3.8) is 0 Å². The zero-order valence-corrected chi connectivity index (χ0v) is 16.7. The number of nitrogens with one attached hydrogen (secondary N) is 2. The molecule has 0 aliphatic rings. The van der Waals surface area contributed by atoms with E-state index in [-0.39, 0.29) is 13.2 Å². The van der Waals surface area contributed by atoms with E-state index in [1.165, 1.54) is 0 Å². The molecule has 2 atom stereocenters. The maximum Gasteiger partial charge on any atom is 0.119 e. The Morgan fingerprint density at radius 3 is 1.57 bits per heavy atom. The van der Waals surface area contributed by atoms with Gasteiger partial charge in [-0.3, -0.25) is 0 Å². The first-order valence-electron chi connectivity index (χ1n) is 9.69. The van der Waals surface area contributed by atoms with Crippen LogP contribution in [0.1, 0.15) is 11.1 Å². The highest BCUT2D eigenvalue weighted by Gasteiger charge is 2.06. The number of rotatable bonds is 13. The molecule has 0 spiro atoms. The Morgan fingerprint density at radius 2 is 1.18 bits per heavy atom. The minimum Gasteiger partial charge on any atom is -0.491 e. The van der Waals surface area contributed by atoms with E-state index in [0.29, 0.717) is 26.2 Å². The summed E-state index contributed by atoms with van der Waals surface area (Å²) < 4.78 is 11.2. The van der Waals surface area contributed by atoms with Gasteiger partial charge in [0.1, 0.15) is 36.9 Å². The largest absolute Gasteiger partial charge is 0.491 e. The van der Waals surface area contributed by atoms with E-state index in [2.05, 4.69) is 10.6 Å². The molecule has 2 aromatic carbocycles. The molecule has 0 radical (unpaired) electrons. The standard InChI is InChI=1S/C22H32N2O4/c1-17-5-3-7-21(11-17)27-15-19(25)13-23-9-10-24-14-20(26)16-28-22-8-4-6-18(2)12-22/h3-8,11-12,19-20,23-26H,9-10,13-16H2,1-2H3/t19-,20-/m1/s1. The van der Waals surface area contributed by atoms with E-state index >= 15 is 0 Å². The molecular formula is C22H32N2O4. The van der Waals surface area contributed by atoms with Crippen LogP contribution in [-0.4, -0.2) is 61.8 Å². The van der Waals surface area contributed by atoms with E-state index in [0.717, 1.165) is 22.6 Å². The van der Waals surface area contributed by atoms with Gasteiger partial charge in [-0.15, -0.1) is 0 Å². The SMILES string of the molecule is Cc1cccc(OC[C@H](O)CNCCNC[C@@H](O)COc2cccc(C)c2)c1. The highest BCUT2D eigenvalue weighted by molar-refractivity contribution is 5.28. The minimum atomic E-state index is -0.575. The van der Waals surface area contributed by atoms with Crippen molar-refractivity contribution in [1.29, 1.82) is 0 Å². The number of hydrogen-bond acceptors (Lipinski definition) is 6. The molecule has 0 saturated heterocycles. The average molecular weight is 389 g/mol. The summed E-state index contributed by atoms with van der Waals surface area (Å²) in [6.07, 6.45) is -1.15. The van der Waals surface area contributed by atoms with Crippen LogP contribution >= 0.6 is 0 Å². The number of hydrogen-bond donors (Lipinski definition) is 4. The Labute approximate surface area is 167 Å². The monoisotopic (exact) mass is 388 g/mol. The summed E-state index contributed by atoms with van der Waals surface area (Å²) in [4.78, 5) is 0. The number of ether oxygens (including phenoxy) is 2. The lowest BCUT2D eigenvalue weighted by Gasteiger charge is -2.15. The van der Waals surface area contributed by atoms with Crippen LogP contribution in [0.25, 0.3) is 0 Å². The van der Waals surface area contributed by atoms with Crippen LogP contribution in [0.15, 0.2) is 48.5 Å². The van der Waals surface area contributed by atoms with Gasteiger partial charge in [0.2, 0.25) is 0 Å². The predicted molar refractivity (Wildman–Crippen MR) is 111 cm³/mol. The molecule has 0 unspecified atom stereocenters. The third-order valence-corrected chi connectivity index (χ3v) is 4.10. The van der Waals surface area contributed by atoms with Gasteiger partial charge in [-0.05, 0) is 49.2 Å². The van der Waals surface area contributed by atoms with Crippen LogP contribution in [-0.2, 0) is 0 Å². The molecule has 0 amide bonds.